The zero-order chi connectivity index (χ0) is 13.8. The van der Waals surface area contributed by atoms with E-state index in [1.165, 1.54) is 6.07 Å². The molecule has 100 valence electrons. The molecule has 0 saturated carbocycles. The van der Waals surface area contributed by atoms with Crippen LogP contribution in [0.2, 0.25) is 0 Å². The van der Waals surface area contributed by atoms with Crippen molar-refractivity contribution in [3.63, 3.8) is 0 Å². The second-order valence-electron chi connectivity index (χ2n) is 4.29. The number of alkyl halides is 1. The third-order valence-corrected chi connectivity index (χ3v) is 3.10. The van der Waals surface area contributed by atoms with E-state index < -0.39 is 11.6 Å². The molecule has 0 aliphatic rings. The first kappa shape index (κ1) is 13.8. The number of benzene rings is 2. The quantitative estimate of drug-likeness (QED) is 0.788. The monoisotopic (exact) mass is 281 g/mol. The van der Waals surface area contributed by atoms with Crippen LogP contribution in [0, 0.1) is 11.6 Å². The first-order valence-electron chi connectivity index (χ1n) is 5.98. The minimum absolute atomic E-state index is 0.152. The summed E-state index contributed by atoms with van der Waals surface area (Å²) in [5, 5.41) is 2.94. The van der Waals surface area contributed by atoms with E-state index in [1.807, 2.05) is 31.2 Å². The summed E-state index contributed by atoms with van der Waals surface area (Å²) in [6.45, 7) is 2.08. The van der Waals surface area contributed by atoms with E-state index in [9.17, 15) is 8.78 Å². The van der Waals surface area contributed by atoms with Gasteiger partial charge in [0.1, 0.15) is 11.6 Å². The molecule has 0 aliphatic carbocycles. The number of halogens is 3. The Kier molecular flexibility index (Phi) is 4.38. The molecule has 0 saturated heterocycles. The number of rotatable bonds is 4. The Bertz CT molecular complexity index is 570. The zero-order valence-electron chi connectivity index (χ0n) is 10.5. The first-order chi connectivity index (χ1) is 9.08. The lowest BCUT2D eigenvalue weighted by molar-refractivity contribution is 0.587. The summed E-state index contributed by atoms with van der Waals surface area (Å²) in [7, 11) is 0. The summed E-state index contributed by atoms with van der Waals surface area (Å²) in [5.74, 6) is -0.873. The normalized spacial score (nSPS) is 12.2. The standard InChI is InChI=1S/C15H14ClF2N/c1-10(16)13-4-2-3-5-15(13)19-9-11-8-12(17)6-7-14(11)18/h2-8,10,19H,9H2,1H3. The molecule has 1 N–H and O–H groups in total. The van der Waals surface area contributed by atoms with Crippen LogP contribution in [0.3, 0.4) is 0 Å². The predicted molar refractivity (Wildman–Crippen MR) is 74.4 cm³/mol. The van der Waals surface area contributed by atoms with Crippen LogP contribution >= 0.6 is 11.6 Å². The van der Waals surface area contributed by atoms with E-state index >= 15 is 0 Å². The fourth-order valence-corrected chi connectivity index (χ4v) is 2.06. The van der Waals surface area contributed by atoms with Crippen LogP contribution in [0.1, 0.15) is 23.4 Å². The van der Waals surface area contributed by atoms with Gasteiger partial charge in [0.2, 0.25) is 0 Å². The van der Waals surface area contributed by atoms with Gasteiger partial charge in [-0.05, 0) is 36.8 Å². The van der Waals surface area contributed by atoms with Gasteiger partial charge < -0.3 is 5.32 Å². The fourth-order valence-electron chi connectivity index (χ4n) is 1.87. The summed E-state index contributed by atoms with van der Waals surface area (Å²) in [4.78, 5) is 0. The van der Waals surface area contributed by atoms with Crippen LogP contribution in [0.4, 0.5) is 14.5 Å². The number of hydrogen-bond donors (Lipinski definition) is 1. The fraction of sp³-hybridized carbons (Fsp3) is 0.200. The summed E-state index contributed by atoms with van der Waals surface area (Å²) in [5.41, 5.74) is 2.05. The van der Waals surface area contributed by atoms with E-state index in [0.29, 0.717) is 0 Å². The average Bonchev–Trinajstić information content (AvgIpc) is 2.40. The second-order valence-corrected chi connectivity index (χ2v) is 4.95. The Morgan fingerprint density at radius 3 is 2.63 bits per heavy atom. The summed E-state index contributed by atoms with van der Waals surface area (Å²) >= 11 is 6.07. The second kappa shape index (κ2) is 6.02. The van der Waals surface area contributed by atoms with Crippen molar-refractivity contribution in [3.05, 3.63) is 65.2 Å². The van der Waals surface area contributed by atoms with Crippen molar-refractivity contribution < 1.29 is 8.78 Å². The van der Waals surface area contributed by atoms with Gasteiger partial charge in [-0.25, -0.2) is 8.78 Å². The van der Waals surface area contributed by atoms with Crippen LogP contribution in [-0.2, 0) is 6.54 Å². The number of nitrogens with one attached hydrogen (secondary N) is 1. The Hall–Kier alpha value is -1.61. The number of anilines is 1. The molecule has 0 bridgehead atoms. The van der Waals surface area contributed by atoms with Crippen molar-refractivity contribution in [2.75, 3.05) is 5.32 Å². The number of hydrogen-bond acceptors (Lipinski definition) is 1. The highest BCUT2D eigenvalue weighted by molar-refractivity contribution is 6.21. The molecule has 0 radical (unpaired) electrons. The van der Waals surface area contributed by atoms with Crippen LogP contribution in [0.25, 0.3) is 0 Å². The summed E-state index contributed by atoms with van der Waals surface area (Å²) < 4.78 is 26.6. The minimum atomic E-state index is -0.447. The van der Waals surface area contributed by atoms with Crippen LogP contribution in [0.5, 0.6) is 0 Å². The van der Waals surface area contributed by atoms with Crippen LogP contribution < -0.4 is 5.32 Å². The third kappa shape index (κ3) is 3.44. The van der Waals surface area contributed by atoms with Gasteiger partial charge in [-0.2, -0.15) is 0 Å². The van der Waals surface area contributed by atoms with Gasteiger partial charge in [-0.15, -0.1) is 11.6 Å². The molecule has 0 heterocycles. The Morgan fingerprint density at radius 1 is 1.16 bits per heavy atom. The Morgan fingerprint density at radius 2 is 1.89 bits per heavy atom. The van der Waals surface area contributed by atoms with E-state index in [1.54, 1.807) is 0 Å². The molecule has 1 nitrogen and oxygen atoms in total. The lowest BCUT2D eigenvalue weighted by atomic mass is 10.1. The van der Waals surface area contributed by atoms with Crippen molar-refractivity contribution in [2.24, 2.45) is 0 Å². The van der Waals surface area contributed by atoms with E-state index in [2.05, 4.69) is 5.32 Å². The molecule has 0 aromatic heterocycles. The molecule has 0 aliphatic heterocycles. The maximum atomic E-state index is 13.5. The van der Waals surface area contributed by atoms with Crippen molar-refractivity contribution in [2.45, 2.75) is 18.8 Å². The van der Waals surface area contributed by atoms with Gasteiger partial charge in [0, 0.05) is 17.8 Å². The van der Waals surface area contributed by atoms with Gasteiger partial charge in [0.25, 0.3) is 0 Å². The average molecular weight is 282 g/mol. The lowest BCUT2D eigenvalue weighted by Gasteiger charge is -2.13. The maximum absolute atomic E-state index is 13.5. The van der Waals surface area contributed by atoms with Crippen molar-refractivity contribution in [1.82, 2.24) is 0 Å². The van der Waals surface area contributed by atoms with Crippen molar-refractivity contribution in [3.8, 4) is 0 Å². The van der Waals surface area contributed by atoms with Gasteiger partial charge in [-0.1, -0.05) is 18.2 Å². The molecule has 4 heteroatoms. The molecular formula is C15H14ClF2N. The van der Waals surface area contributed by atoms with Crippen LogP contribution in [-0.4, -0.2) is 0 Å². The van der Waals surface area contributed by atoms with Crippen molar-refractivity contribution in [1.29, 1.82) is 0 Å². The van der Waals surface area contributed by atoms with Crippen LogP contribution in [0.15, 0.2) is 42.5 Å². The molecule has 0 spiro atoms. The lowest BCUT2D eigenvalue weighted by Crippen LogP contribution is -2.04. The molecule has 1 unspecified atom stereocenters. The highest BCUT2D eigenvalue weighted by atomic mass is 35.5. The van der Waals surface area contributed by atoms with Crippen molar-refractivity contribution >= 4 is 17.3 Å². The van der Waals surface area contributed by atoms with E-state index in [4.69, 9.17) is 11.6 Å². The molecule has 2 rings (SSSR count). The molecule has 2 aromatic carbocycles. The SMILES string of the molecule is CC(Cl)c1ccccc1NCc1cc(F)ccc1F. The highest BCUT2D eigenvalue weighted by Gasteiger charge is 2.08. The molecule has 0 amide bonds. The minimum Gasteiger partial charge on any atom is -0.381 e. The number of para-hydroxylation sites is 1. The molecule has 2 aromatic rings. The van der Waals surface area contributed by atoms with E-state index in [-0.39, 0.29) is 17.5 Å². The Balaban J connectivity index is 2.17. The van der Waals surface area contributed by atoms with Gasteiger partial charge in [0.15, 0.2) is 0 Å². The van der Waals surface area contributed by atoms with Gasteiger partial charge in [-0.3, -0.25) is 0 Å². The predicted octanol–water partition coefficient (Wildman–Crippen LogP) is 4.88. The Labute approximate surface area is 116 Å². The maximum Gasteiger partial charge on any atom is 0.128 e. The smallest absolute Gasteiger partial charge is 0.128 e. The third-order valence-electron chi connectivity index (χ3n) is 2.87. The van der Waals surface area contributed by atoms with Gasteiger partial charge in [0.05, 0.1) is 5.38 Å². The van der Waals surface area contributed by atoms with Gasteiger partial charge >= 0.3 is 0 Å². The molecule has 19 heavy (non-hydrogen) atoms. The summed E-state index contributed by atoms with van der Waals surface area (Å²) in [6, 6.07) is 11.0. The zero-order valence-corrected chi connectivity index (χ0v) is 11.2. The molecular weight excluding hydrogens is 268 g/mol. The largest absolute Gasteiger partial charge is 0.381 e. The topological polar surface area (TPSA) is 12.0 Å². The highest BCUT2D eigenvalue weighted by Crippen LogP contribution is 2.27. The first-order valence-corrected chi connectivity index (χ1v) is 6.42. The van der Waals surface area contributed by atoms with E-state index in [0.717, 1.165) is 23.4 Å². The molecule has 0 fully saturated rings. The summed E-state index contributed by atoms with van der Waals surface area (Å²) in [6.07, 6.45) is 0. The molecule has 1 atom stereocenters.